The lowest BCUT2D eigenvalue weighted by atomic mass is 10.1. The molecule has 0 aliphatic rings. The van der Waals surface area contributed by atoms with Crippen LogP contribution in [0, 0.1) is 0 Å². The smallest absolute Gasteiger partial charge is 0.283 e. The molecule has 0 atom stereocenters. The van der Waals surface area contributed by atoms with Crippen molar-refractivity contribution in [3.63, 3.8) is 0 Å². The Hall–Kier alpha value is -2.84. The van der Waals surface area contributed by atoms with Crippen LogP contribution in [-0.2, 0) is 11.3 Å². The number of hydrogen-bond acceptors (Lipinski definition) is 6. The van der Waals surface area contributed by atoms with Gasteiger partial charge in [-0.05, 0) is 31.5 Å². The summed E-state index contributed by atoms with van der Waals surface area (Å²) < 4.78 is 8.36. The van der Waals surface area contributed by atoms with Crippen molar-refractivity contribution >= 4 is 28.4 Å². The fourth-order valence-corrected chi connectivity index (χ4v) is 3.13. The number of benzene rings is 1. The Balaban J connectivity index is 2.05. The number of hydrogen-bond donors (Lipinski definition) is 0. The van der Waals surface area contributed by atoms with Gasteiger partial charge in [-0.2, -0.15) is 9.61 Å². The van der Waals surface area contributed by atoms with E-state index in [1.807, 2.05) is 26.0 Å². The first-order valence-electron chi connectivity index (χ1n) is 8.41. The summed E-state index contributed by atoms with van der Waals surface area (Å²) in [6.45, 7) is 4.10. The SMILES string of the molecule is COCc1nn2c(nnc3c(=O)n(C(C)C)cnc32)c1-c1ccc(Cl)cc1. The van der Waals surface area contributed by atoms with E-state index in [4.69, 9.17) is 16.3 Å². The second-order valence-corrected chi connectivity index (χ2v) is 6.86. The van der Waals surface area contributed by atoms with Crippen molar-refractivity contribution in [2.45, 2.75) is 26.5 Å². The Morgan fingerprint density at radius 3 is 2.56 bits per heavy atom. The maximum absolute atomic E-state index is 12.7. The van der Waals surface area contributed by atoms with Gasteiger partial charge in [-0.15, -0.1) is 10.2 Å². The van der Waals surface area contributed by atoms with Crippen molar-refractivity contribution < 1.29 is 4.74 Å². The van der Waals surface area contributed by atoms with Crippen LogP contribution in [0.2, 0.25) is 5.02 Å². The van der Waals surface area contributed by atoms with Gasteiger partial charge in [-0.1, -0.05) is 23.7 Å². The summed E-state index contributed by atoms with van der Waals surface area (Å²) in [6.07, 6.45) is 1.51. The number of fused-ring (bicyclic) bond motifs is 3. The molecule has 9 heteroatoms. The highest BCUT2D eigenvalue weighted by atomic mass is 35.5. The third-order valence-electron chi connectivity index (χ3n) is 4.30. The Kier molecular flexibility index (Phi) is 4.37. The van der Waals surface area contributed by atoms with Crippen LogP contribution in [0.25, 0.3) is 27.9 Å². The van der Waals surface area contributed by atoms with Gasteiger partial charge in [0.2, 0.25) is 0 Å². The van der Waals surface area contributed by atoms with Crippen molar-refractivity contribution in [1.82, 2.24) is 29.4 Å². The summed E-state index contributed by atoms with van der Waals surface area (Å²) in [5, 5.41) is 13.7. The van der Waals surface area contributed by atoms with Gasteiger partial charge in [0, 0.05) is 18.2 Å². The summed E-state index contributed by atoms with van der Waals surface area (Å²) in [7, 11) is 1.60. The molecule has 0 N–H and O–H groups in total. The molecular formula is C18H17ClN6O2. The lowest BCUT2D eigenvalue weighted by Gasteiger charge is -2.09. The maximum atomic E-state index is 12.7. The van der Waals surface area contributed by atoms with Gasteiger partial charge in [0.15, 0.2) is 16.8 Å². The first kappa shape index (κ1) is 17.6. The standard InChI is InChI=1S/C18H17ClN6O2/c1-10(2)24-9-20-17-15(18(24)26)21-22-16-14(11-4-6-12(19)7-5-11)13(8-27-3)23-25(16)17/h4-7,9-10H,8H2,1-3H3. The van der Waals surface area contributed by atoms with Crippen LogP contribution in [-0.4, -0.2) is 36.5 Å². The van der Waals surface area contributed by atoms with Crippen LogP contribution in [0.5, 0.6) is 0 Å². The van der Waals surface area contributed by atoms with Gasteiger partial charge in [0.05, 0.1) is 17.9 Å². The van der Waals surface area contributed by atoms with E-state index < -0.39 is 0 Å². The zero-order valence-corrected chi connectivity index (χ0v) is 15.8. The molecule has 138 valence electrons. The largest absolute Gasteiger partial charge is 0.378 e. The fraction of sp³-hybridized carbons (Fsp3) is 0.278. The summed E-state index contributed by atoms with van der Waals surface area (Å²) in [5.74, 6) is 0. The first-order valence-corrected chi connectivity index (χ1v) is 8.79. The Morgan fingerprint density at radius 1 is 1.15 bits per heavy atom. The van der Waals surface area contributed by atoms with E-state index in [9.17, 15) is 4.79 Å². The summed E-state index contributed by atoms with van der Waals surface area (Å²) in [4.78, 5) is 17.1. The van der Waals surface area contributed by atoms with Gasteiger partial charge < -0.3 is 4.74 Å². The average molecular weight is 385 g/mol. The zero-order valence-electron chi connectivity index (χ0n) is 15.0. The molecule has 8 nitrogen and oxygen atoms in total. The minimum absolute atomic E-state index is 0.0294. The highest BCUT2D eigenvalue weighted by Gasteiger charge is 2.20. The molecule has 0 aliphatic carbocycles. The van der Waals surface area contributed by atoms with Crippen molar-refractivity contribution in [1.29, 1.82) is 0 Å². The molecule has 0 aliphatic heterocycles. The van der Waals surface area contributed by atoms with Crippen LogP contribution in [0.1, 0.15) is 25.6 Å². The molecule has 0 bridgehead atoms. The second kappa shape index (κ2) is 6.71. The van der Waals surface area contributed by atoms with Crippen LogP contribution >= 0.6 is 11.6 Å². The van der Waals surface area contributed by atoms with Crippen molar-refractivity contribution in [3.05, 3.63) is 51.7 Å². The molecule has 0 saturated heterocycles. The molecule has 4 aromatic rings. The van der Waals surface area contributed by atoms with Crippen molar-refractivity contribution in [2.75, 3.05) is 7.11 Å². The maximum Gasteiger partial charge on any atom is 0.283 e. The quantitative estimate of drug-likeness (QED) is 0.537. The number of rotatable bonds is 4. The Labute approximate surface area is 159 Å². The van der Waals surface area contributed by atoms with Crippen molar-refractivity contribution in [2.24, 2.45) is 0 Å². The van der Waals surface area contributed by atoms with E-state index >= 15 is 0 Å². The second-order valence-electron chi connectivity index (χ2n) is 6.42. The third-order valence-corrected chi connectivity index (χ3v) is 4.55. The van der Waals surface area contributed by atoms with Crippen LogP contribution in [0.3, 0.4) is 0 Å². The van der Waals surface area contributed by atoms with E-state index in [1.165, 1.54) is 10.9 Å². The average Bonchev–Trinajstić information content (AvgIpc) is 3.01. The number of aromatic nitrogens is 6. The molecule has 0 amide bonds. The predicted octanol–water partition coefficient (Wildman–Crippen LogP) is 2.88. The molecule has 0 fully saturated rings. The third kappa shape index (κ3) is 2.87. The van der Waals surface area contributed by atoms with E-state index in [2.05, 4.69) is 20.3 Å². The molecule has 4 rings (SSSR count). The molecule has 27 heavy (non-hydrogen) atoms. The molecule has 1 aromatic carbocycles. The Morgan fingerprint density at radius 2 is 1.89 bits per heavy atom. The monoisotopic (exact) mass is 384 g/mol. The fourth-order valence-electron chi connectivity index (χ4n) is 3.00. The van der Waals surface area contributed by atoms with Gasteiger partial charge in [-0.3, -0.25) is 9.36 Å². The molecule has 3 aromatic heterocycles. The van der Waals surface area contributed by atoms with Crippen LogP contribution in [0.15, 0.2) is 35.4 Å². The van der Waals surface area contributed by atoms with E-state index in [1.54, 1.807) is 23.8 Å². The number of ether oxygens (including phenoxy) is 1. The number of methoxy groups -OCH3 is 1. The number of nitrogens with zero attached hydrogens (tertiary/aromatic N) is 6. The van der Waals surface area contributed by atoms with Gasteiger partial charge in [0.1, 0.15) is 6.33 Å². The summed E-state index contributed by atoms with van der Waals surface area (Å²) >= 11 is 6.01. The summed E-state index contributed by atoms with van der Waals surface area (Å²) in [5.41, 5.74) is 3.12. The van der Waals surface area contributed by atoms with E-state index in [-0.39, 0.29) is 23.7 Å². The van der Waals surface area contributed by atoms with Crippen LogP contribution < -0.4 is 5.56 Å². The minimum atomic E-state index is -0.249. The molecule has 0 radical (unpaired) electrons. The zero-order chi connectivity index (χ0) is 19.1. The van der Waals surface area contributed by atoms with E-state index in [0.717, 1.165) is 11.1 Å². The lowest BCUT2D eigenvalue weighted by molar-refractivity contribution is 0.181. The van der Waals surface area contributed by atoms with Crippen LogP contribution in [0.4, 0.5) is 0 Å². The summed E-state index contributed by atoms with van der Waals surface area (Å²) in [6, 6.07) is 7.33. The predicted molar refractivity (Wildman–Crippen MR) is 102 cm³/mol. The number of halogens is 1. The molecule has 3 heterocycles. The highest BCUT2D eigenvalue weighted by molar-refractivity contribution is 6.30. The Bertz CT molecular complexity index is 1200. The lowest BCUT2D eigenvalue weighted by Crippen LogP contribution is -2.24. The van der Waals surface area contributed by atoms with Gasteiger partial charge in [-0.25, -0.2) is 4.98 Å². The molecule has 0 saturated carbocycles. The van der Waals surface area contributed by atoms with Gasteiger partial charge >= 0.3 is 0 Å². The molecule has 0 unspecified atom stereocenters. The minimum Gasteiger partial charge on any atom is -0.378 e. The molecular weight excluding hydrogens is 368 g/mol. The normalized spacial score (nSPS) is 11.7. The highest BCUT2D eigenvalue weighted by Crippen LogP contribution is 2.29. The van der Waals surface area contributed by atoms with Gasteiger partial charge in [0.25, 0.3) is 5.56 Å². The van der Waals surface area contributed by atoms with Crippen molar-refractivity contribution in [3.8, 4) is 11.1 Å². The first-order chi connectivity index (χ1) is 13.0. The molecule has 0 spiro atoms. The topological polar surface area (TPSA) is 87.2 Å². The van der Waals surface area contributed by atoms with E-state index in [0.29, 0.717) is 22.0 Å².